The number of nitrogens with one attached hydrogen (secondary N) is 1. The zero-order chi connectivity index (χ0) is 15.8. The smallest absolute Gasteiger partial charge is 0.264 e. The summed E-state index contributed by atoms with van der Waals surface area (Å²) in [5, 5.41) is -0.0229. The molecule has 2 aromatic rings. The van der Waals surface area contributed by atoms with E-state index in [0.717, 1.165) is 12.1 Å². The Morgan fingerprint density at radius 3 is 2.57 bits per heavy atom. The van der Waals surface area contributed by atoms with Crippen molar-refractivity contribution in [2.45, 2.75) is 11.8 Å². The lowest BCUT2D eigenvalue weighted by Crippen LogP contribution is -2.16. The molecule has 0 amide bonds. The van der Waals surface area contributed by atoms with Gasteiger partial charge in [0.05, 0.1) is 11.4 Å². The molecule has 0 aliphatic carbocycles. The number of hydrogen-bond donors (Lipinski definition) is 2. The van der Waals surface area contributed by atoms with E-state index in [1.165, 1.54) is 25.1 Å². The Labute approximate surface area is 125 Å². The molecule has 0 atom stereocenters. The number of halogens is 3. The average Bonchev–Trinajstić information content (AvgIpc) is 2.39. The van der Waals surface area contributed by atoms with Crippen LogP contribution in [0.1, 0.15) is 5.56 Å². The highest BCUT2D eigenvalue weighted by Gasteiger charge is 2.23. The summed E-state index contributed by atoms with van der Waals surface area (Å²) in [6, 6.07) is 5.92. The molecule has 0 aliphatic heterocycles. The highest BCUT2D eigenvalue weighted by atomic mass is 35.5. The van der Waals surface area contributed by atoms with Crippen LogP contribution in [-0.2, 0) is 10.0 Å². The molecule has 8 heteroatoms. The first-order chi connectivity index (χ1) is 9.72. The van der Waals surface area contributed by atoms with Crippen LogP contribution in [0.15, 0.2) is 35.2 Å². The van der Waals surface area contributed by atoms with Gasteiger partial charge in [0.25, 0.3) is 10.0 Å². The van der Waals surface area contributed by atoms with E-state index in [1.54, 1.807) is 0 Å². The van der Waals surface area contributed by atoms with E-state index in [-0.39, 0.29) is 22.0 Å². The lowest BCUT2D eigenvalue weighted by atomic mass is 10.2. The Bertz CT molecular complexity index is 810. The van der Waals surface area contributed by atoms with Gasteiger partial charge in [-0.25, -0.2) is 17.2 Å². The molecule has 0 bridgehead atoms. The first-order valence-electron chi connectivity index (χ1n) is 5.75. The quantitative estimate of drug-likeness (QED) is 0.847. The van der Waals surface area contributed by atoms with Gasteiger partial charge >= 0.3 is 0 Å². The van der Waals surface area contributed by atoms with Crippen molar-refractivity contribution in [3.63, 3.8) is 0 Å². The molecule has 0 unspecified atom stereocenters. The van der Waals surface area contributed by atoms with Crippen molar-refractivity contribution in [3.8, 4) is 0 Å². The molecule has 0 saturated heterocycles. The summed E-state index contributed by atoms with van der Waals surface area (Å²) >= 11 is 5.69. The highest BCUT2D eigenvalue weighted by molar-refractivity contribution is 7.92. The minimum absolute atomic E-state index is 0.00736. The summed E-state index contributed by atoms with van der Waals surface area (Å²) in [5.41, 5.74) is 5.07. The van der Waals surface area contributed by atoms with Crippen molar-refractivity contribution in [3.05, 3.63) is 52.6 Å². The first kappa shape index (κ1) is 15.5. The first-order valence-corrected chi connectivity index (χ1v) is 7.61. The summed E-state index contributed by atoms with van der Waals surface area (Å²) in [6.45, 7) is 1.40. The third kappa shape index (κ3) is 3.08. The maximum atomic E-state index is 13.9. The molecule has 0 spiro atoms. The molecule has 112 valence electrons. The fourth-order valence-corrected chi connectivity index (χ4v) is 3.25. The van der Waals surface area contributed by atoms with E-state index in [2.05, 4.69) is 4.72 Å². The summed E-state index contributed by atoms with van der Waals surface area (Å²) in [4.78, 5) is -0.698. The van der Waals surface area contributed by atoms with Crippen LogP contribution in [0.3, 0.4) is 0 Å². The number of nitrogen functional groups attached to an aromatic ring is 1. The van der Waals surface area contributed by atoms with Gasteiger partial charge in [0.2, 0.25) is 0 Å². The molecule has 0 radical (unpaired) electrons. The van der Waals surface area contributed by atoms with Crippen LogP contribution >= 0.6 is 11.6 Å². The van der Waals surface area contributed by atoms with Gasteiger partial charge in [0.1, 0.15) is 10.7 Å². The molecule has 0 heterocycles. The predicted molar refractivity (Wildman–Crippen MR) is 77.8 cm³/mol. The number of hydrogen-bond acceptors (Lipinski definition) is 3. The van der Waals surface area contributed by atoms with Gasteiger partial charge in [-0.1, -0.05) is 17.7 Å². The lowest BCUT2D eigenvalue weighted by molar-refractivity contribution is 0.573. The van der Waals surface area contributed by atoms with E-state index < -0.39 is 26.6 Å². The molecule has 4 nitrogen and oxygen atoms in total. The largest absolute Gasteiger partial charge is 0.396 e. The minimum atomic E-state index is -4.28. The second-order valence-electron chi connectivity index (χ2n) is 4.33. The third-order valence-corrected chi connectivity index (χ3v) is 4.42. The Morgan fingerprint density at radius 1 is 1.24 bits per heavy atom. The van der Waals surface area contributed by atoms with E-state index >= 15 is 0 Å². The van der Waals surface area contributed by atoms with Gasteiger partial charge in [0.15, 0.2) is 5.82 Å². The number of benzene rings is 2. The van der Waals surface area contributed by atoms with Crippen LogP contribution in [0, 0.1) is 18.6 Å². The Kier molecular flexibility index (Phi) is 4.06. The van der Waals surface area contributed by atoms with E-state index in [1.807, 2.05) is 0 Å². The van der Waals surface area contributed by atoms with E-state index in [0.29, 0.717) is 0 Å². The fourth-order valence-electron chi connectivity index (χ4n) is 1.70. The normalized spacial score (nSPS) is 11.4. The summed E-state index contributed by atoms with van der Waals surface area (Å²) in [6.07, 6.45) is 0. The topological polar surface area (TPSA) is 72.2 Å². The highest BCUT2D eigenvalue weighted by Crippen LogP contribution is 2.28. The van der Waals surface area contributed by atoms with Crippen molar-refractivity contribution in [2.24, 2.45) is 0 Å². The van der Waals surface area contributed by atoms with Gasteiger partial charge in [0, 0.05) is 10.6 Å². The molecule has 0 aliphatic rings. The van der Waals surface area contributed by atoms with Crippen LogP contribution in [0.25, 0.3) is 0 Å². The van der Waals surface area contributed by atoms with Crippen molar-refractivity contribution >= 4 is 33.0 Å². The van der Waals surface area contributed by atoms with Crippen LogP contribution in [-0.4, -0.2) is 8.42 Å². The van der Waals surface area contributed by atoms with Crippen molar-refractivity contribution in [1.29, 1.82) is 0 Å². The Hall–Kier alpha value is -1.86. The summed E-state index contributed by atoms with van der Waals surface area (Å²) < 4.78 is 53.8. The number of sulfonamides is 1. The number of rotatable bonds is 3. The van der Waals surface area contributed by atoms with E-state index in [9.17, 15) is 17.2 Å². The van der Waals surface area contributed by atoms with Crippen molar-refractivity contribution in [1.82, 2.24) is 0 Å². The Balaban J connectivity index is 2.51. The lowest BCUT2D eigenvalue weighted by Gasteiger charge is -2.12. The molecule has 2 rings (SSSR count). The second kappa shape index (κ2) is 5.50. The van der Waals surface area contributed by atoms with Crippen molar-refractivity contribution < 1.29 is 17.2 Å². The van der Waals surface area contributed by atoms with Gasteiger partial charge in [-0.3, -0.25) is 4.72 Å². The molecule has 3 N–H and O–H groups in total. The fraction of sp³-hybridized carbons (Fsp3) is 0.0769. The number of anilines is 2. The minimum Gasteiger partial charge on any atom is -0.396 e. The van der Waals surface area contributed by atoms with E-state index in [4.69, 9.17) is 17.3 Å². The van der Waals surface area contributed by atoms with Crippen LogP contribution in [0.2, 0.25) is 5.02 Å². The summed E-state index contributed by atoms with van der Waals surface area (Å²) in [5.74, 6) is -1.69. The average molecular weight is 333 g/mol. The number of nitrogens with two attached hydrogens (primary N) is 1. The molecular formula is C13H11ClF2N2O2S. The molecular weight excluding hydrogens is 322 g/mol. The molecule has 0 saturated carbocycles. The monoisotopic (exact) mass is 332 g/mol. The van der Waals surface area contributed by atoms with Gasteiger partial charge in [-0.05, 0) is 31.2 Å². The molecule has 0 aromatic heterocycles. The van der Waals surface area contributed by atoms with Crippen molar-refractivity contribution in [2.75, 3.05) is 10.5 Å². The molecule has 2 aromatic carbocycles. The molecule has 0 fully saturated rings. The standard InChI is InChI=1S/C13H11ClF2N2O2S/c1-7-9(15)3-2-4-11(7)18-21(19,20)12-6-8(14)5-10(17)13(12)16/h2-6,18H,17H2,1H3. The maximum Gasteiger partial charge on any atom is 0.264 e. The SMILES string of the molecule is Cc1c(F)cccc1NS(=O)(=O)c1cc(Cl)cc(N)c1F. The zero-order valence-corrected chi connectivity index (χ0v) is 12.4. The van der Waals surface area contributed by atoms with Crippen LogP contribution in [0.5, 0.6) is 0 Å². The van der Waals surface area contributed by atoms with Crippen LogP contribution in [0.4, 0.5) is 20.2 Å². The molecule has 21 heavy (non-hydrogen) atoms. The second-order valence-corrected chi connectivity index (χ2v) is 6.41. The summed E-state index contributed by atoms with van der Waals surface area (Å²) in [7, 11) is -4.28. The van der Waals surface area contributed by atoms with Gasteiger partial charge in [-0.2, -0.15) is 0 Å². The van der Waals surface area contributed by atoms with Gasteiger partial charge in [-0.15, -0.1) is 0 Å². The van der Waals surface area contributed by atoms with Crippen LogP contribution < -0.4 is 10.5 Å². The van der Waals surface area contributed by atoms with Gasteiger partial charge < -0.3 is 5.73 Å². The third-order valence-electron chi connectivity index (χ3n) is 2.83. The maximum absolute atomic E-state index is 13.9. The Morgan fingerprint density at radius 2 is 1.90 bits per heavy atom. The zero-order valence-electron chi connectivity index (χ0n) is 10.8. The predicted octanol–water partition coefficient (Wildman–Crippen LogP) is 3.31.